The van der Waals surface area contributed by atoms with E-state index in [-0.39, 0.29) is 24.3 Å². The molecule has 0 radical (unpaired) electrons. The lowest BCUT2D eigenvalue weighted by Gasteiger charge is -2.17. The molecule has 3 rings (SSSR count). The third-order valence-corrected chi connectivity index (χ3v) is 4.17. The van der Waals surface area contributed by atoms with Gasteiger partial charge in [0.05, 0.1) is 12.5 Å². The fourth-order valence-electron chi connectivity index (χ4n) is 2.83. The molecule has 126 valence electrons. The van der Waals surface area contributed by atoms with Crippen LogP contribution < -0.4 is 5.32 Å². The Hall–Kier alpha value is -2.70. The van der Waals surface area contributed by atoms with Gasteiger partial charge in [0.15, 0.2) is 0 Å². The van der Waals surface area contributed by atoms with Crippen LogP contribution in [-0.4, -0.2) is 46.2 Å². The highest BCUT2D eigenvalue weighted by Gasteiger charge is 2.30. The van der Waals surface area contributed by atoms with Crippen molar-refractivity contribution in [1.82, 2.24) is 20.5 Å². The standard InChI is InChI=1S/C17H20N4O3/c1-12-15(20-24-19-12)10-16(22)18-14-9-17(23)21(11-14)8-7-13-5-3-2-4-6-13/h2-6,14H,7-11H2,1H3,(H,18,22)/t14-/m1/s1. The number of nitrogens with one attached hydrogen (secondary N) is 1. The van der Waals surface area contributed by atoms with Crippen molar-refractivity contribution in [3.8, 4) is 0 Å². The summed E-state index contributed by atoms with van der Waals surface area (Å²) < 4.78 is 4.58. The Kier molecular flexibility index (Phi) is 4.88. The molecule has 7 nitrogen and oxygen atoms in total. The summed E-state index contributed by atoms with van der Waals surface area (Å²) in [5, 5.41) is 10.2. The number of aromatic nitrogens is 2. The van der Waals surface area contributed by atoms with Gasteiger partial charge in [-0.1, -0.05) is 40.6 Å². The predicted octanol–water partition coefficient (Wildman–Crippen LogP) is 0.880. The Morgan fingerprint density at radius 2 is 2.12 bits per heavy atom. The molecule has 1 aliphatic heterocycles. The molecule has 2 aromatic rings. The number of hydrogen-bond acceptors (Lipinski definition) is 5. The summed E-state index contributed by atoms with van der Waals surface area (Å²) in [6.07, 6.45) is 1.28. The van der Waals surface area contributed by atoms with Crippen LogP contribution in [0.25, 0.3) is 0 Å². The van der Waals surface area contributed by atoms with Crippen molar-refractivity contribution >= 4 is 11.8 Å². The minimum atomic E-state index is -0.170. The molecule has 1 N–H and O–H groups in total. The molecule has 0 unspecified atom stereocenters. The van der Waals surface area contributed by atoms with Gasteiger partial charge in [-0.2, -0.15) is 0 Å². The third kappa shape index (κ3) is 3.98. The first kappa shape index (κ1) is 16.2. The van der Waals surface area contributed by atoms with Crippen molar-refractivity contribution < 1.29 is 14.2 Å². The fraction of sp³-hybridized carbons (Fsp3) is 0.412. The molecular formula is C17H20N4O3. The lowest BCUT2D eigenvalue weighted by atomic mass is 10.1. The molecular weight excluding hydrogens is 308 g/mol. The second kappa shape index (κ2) is 7.25. The predicted molar refractivity (Wildman–Crippen MR) is 86.0 cm³/mol. The molecule has 7 heteroatoms. The summed E-state index contributed by atoms with van der Waals surface area (Å²) in [5.41, 5.74) is 2.33. The van der Waals surface area contributed by atoms with Crippen LogP contribution in [-0.2, 0) is 22.4 Å². The molecule has 1 aromatic heterocycles. The van der Waals surface area contributed by atoms with E-state index >= 15 is 0 Å². The summed E-state index contributed by atoms with van der Waals surface area (Å²) in [5.74, 6) is -0.0907. The molecule has 2 heterocycles. The highest BCUT2D eigenvalue weighted by molar-refractivity contribution is 5.83. The van der Waals surface area contributed by atoms with Gasteiger partial charge in [0.2, 0.25) is 11.8 Å². The summed E-state index contributed by atoms with van der Waals surface area (Å²) in [6, 6.07) is 9.90. The molecule has 1 fully saturated rings. The Labute approximate surface area is 140 Å². The Balaban J connectivity index is 1.47. The third-order valence-electron chi connectivity index (χ3n) is 4.17. The van der Waals surface area contributed by atoms with Crippen LogP contribution in [0, 0.1) is 6.92 Å². The van der Waals surface area contributed by atoms with Crippen molar-refractivity contribution in [2.75, 3.05) is 13.1 Å². The average molecular weight is 328 g/mol. The minimum Gasteiger partial charge on any atom is -0.351 e. The maximum atomic E-state index is 12.1. The topological polar surface area (TPSA) is 88.3 Å². The normalized spacial score (nSPS) is 17.3. The van der Waals surface area contributed by atoms with E-state index in [0.29, 0.717) is 30.9 Å². The van der Waals surface area contributed by atoms with Crippen LogP contribution >= 0.6 is 0 Å². The van der Waals surface area contributed by atoms with E-state index in [0.717, 1.165) is 6.42 Å². The maximum Gasteiger partial charge on any atom is 0.226 e. The van der Waals surface area contributed by atoms with Crippen LogP contribution in [0.1, 0.15) is 23.4 Å². The van der Waals surface area contributed by atoms with Gasteiger partial charge >= 0.3 is 0 Å². The van der Waals surface area contributed by atoms with Crippen molar-refractivity contribution in [1.29, 1.82) is 0 Å². The molecule has 1 aromatic carbocycles. The first-order valence-corrected chi connectivity index (χ1v) is 8.01. The second-order valence-corrected chi connectivity index (χ2v) is 6.02. The second-order valence-electron chi connectivity index (χ2n) is 6.02. The van der Waals surface area contributed by atoms with Crippen molar-refractivity contribution in [3.05, 3.63) is 47.3 Å². The van der Waals surface area contributed by atoms with Gasteiger partial charge in [-0.15, -0.1) is 0 Å². The van der Waals surface area contributed by atoms with E-state index in [1.165, 1.54) is 5.56 Å². The zero-order chi connectivity index (χ0) is 16.9. The Morgan fingerprint density at radius 1 is 1.33 bits per heavy atom. The van der Waals surface area contributed by atoms with Gasteiger partial charge < -0.3 is 10.2 Å². The molecule has 24 heavy (non-hydrogen) atoms. The van der Waals surface area contributed by atoms with E-state index in [9.17, 15) is 9.59 Å². The molecule has 1 saturated heterocycles. The number of carbonyl (C=O) groups excluding carboxylic acids is 2. The number of aryl methyl sites for hydroxylation is 1. The molecule has 0 bridgehead atoms. The van der Waals surface area contributed by atoms with Gasteiger partial charge in [-0.05, 0) is 18.9 Å². The largest absolute Gasteiger partial charge is 0.351 e. The Bertz CT molecular complexity index is 714. The van der Waals surface area contributed by atoms with E-state index in [1.807, 2.05) is 30.3 Å². The lowest BCUT2D eigenvalue weighted by molar-refractivity contribution is -0.127. The highest BCUT2D eigenvalue weighted by atomic mass is 16.6. The van der Waals surface area contributed by atoms with Crippen molar-refractivity contribution in [2.45, 2.75) is 32.2 Å². The summed E-state index contributed by atoms with van der Waals surface area (Å²) >= 11 is 0. The molecule has 1 atom stereocenters. The molecule has 1 aliphatic rings. The zero-order valence-electron chi connectivity index (χ0n) is 13.6. The van der Waals surface area contributed by atoms with Crippen LogP contribution in [0.5, 0.6) is 0 Å². The minimum absolute atomic E-state index is 0.0792. The van der Waals surface area contributed by atoms with Crippen LogP contribution in [0.2, 0.25) is 0 Å². The number of carbonyl (C=O) groups is 2. The highest BCUT2D eigenvalue weighted by Crippen LogP contribution is 2.13. The van der Waals surface area contributed by atoms with E-state index in [1.54, 1.807) is 11.8 Å². The number of amides is 2. The lowest BCUT2D eigenvalue weighted by Crippen LogP contribution is -2.38. The molecule has 0 spiro atoms. The van der Waals surface area contributed by atoms with Crippen LogP contribution in [0.3, 0.4) is 0 Å². The monoisotopic (exact) mass is 328 g/mol. The molecule has 2 amide bonds. The summed E-state index contributed by atoms with van der Waals surface area (Å²) in [6.45, 7) is 2.96. The number of likely N-dealkylation sites (tertiary alicyclic amines) is 1. The first-order chi connectivity index (χ1) is 11.6. The van der Waals surface area contributed by atoms with Gasteiger partial charge in [0.25, 0.3) is 0 Å². The van der Waals surface area contributed by atoms with Crippen LogP contribution in [0.4, 0.5) is 0 Å². The average Bonchev–Trinajstić information content (AvgIpc) is 3.12. The SMILES string of the molecule is Cc1nonc1CC(=O)N[C@@H]1CC(=O)N(CCc2ccccc2)C1. The van der Waals surface area contributed by atoms with Gasteiger partial charge in [0, 0.05) is 19.5 Å². The number of rotatable bonds is 6. The maximum absolute atomic E-state index is 12.1. The van der Waals surface area contributed by atoms with Crippen molar-refractivity contribution in [2.24, 2.45) is 0 Å². The fourth-order valence-corrected chi connectivity index (χ4v) is 2.83. The van der Waals surface area contributed by atoms with Crippen LogP contribution in [0.15, 0.2) is 35.0 Å². The van der Waals surface area contributed by atoms with Gasteiger partial charge in [0.1, 0.15) is 11.4 Å². The van der Waals surface area contributed by atoms with E-state index in [4.69, 9.17) is 0 Å². The first-order valence-electron chi connectivity index (χ1n) is 8.01. The zero-order valence-corrected chi connectivity index (χ0v) is 13.6. The summed E-state index contributed by atoms with van der Waals surface area (Å²) in [7, 11) is 0. The number of nitrogens with zero attached hydrogens (tertiary/aromatic N) is 3. The van der Waals surface area contributed by atoms with Gasteiger partial charge in [-0.3, -0.25) is 9.59 Å². The van der Waals surface area contributed by atoms with E-state index in [2.05, 4.69) is 20.3 Å². The molecule has 0 aliphatic carbocycles. The smallest absolute Gasteiger partial charge is 0.226 e. The number of benzene rings is 1. The summed E-state index contributed by atoms with van der Waals surface area (Å²) in [4.78, 5) is 26.0. The molecule has 0 saturated carbocycles. The quantitative estimate of drug-likeness (QED) is 0.850. The number of hydrogen-bond donors (Lipinski definition) is 1. The van der Waals surface area contributed by atoms with Crippen molar-refractivity contribution in [3.63, 3.8) is 0 Å². The Morgan fingerprint density at radius 3 is 2.83 bits per heavy atom. The van der Waals surface area contributed by atoms with E-state index < -0.39 is 0 Å². The van der Waals surface area contributed by atoms with Gasteiger partial charge in [-0.25, -0.2) is 4.63 Å².